The minimum atomic E-state index is -0.532. The maximum atomic E-state index is 12.6. The summed E-state index contributed by atoms with van der Waals surface area (Å²) in [4.78, 5) is 28.7. The molecule has 0 radical (unpaired) electrons. The SMILES string of the molecule is CCN1Cc2c(cc(Cl)cc2[C@@H]2CCCN2C(=O)OC(C)(C)C)C1=O. The molecule has 1 aromatic rings. The first-order valence-corrected chi connectivity index (χ1v) is 9.20. The van der Waals surface area contributed by atoms with Gasteiger partial charge in [0.15, 0.2) is 0 Å². The Morgan fingerprint density at radius 2 is 2.08 bits per heavy atom. The summed E-state index contributed by atoms with van der Waals surface area (Å²) < 4.78 is 5.56. The highest BCUT2D eigenvalue weighted by Crippen LogP contribution is 2.40. The first-order valence-electron chi connectivity index (χ1n) is 8.82. The van der Waals surface area contributed by atoms with Crippen molar-refractivity contribution in [1.29, 1.82) is 0 Å². The third-order valence-electron chi connectivity index (χ3n) is 4.74. The second-order valence-corrected chi connectivity index (χ2v) is 8.11. The van der Waals surface area contributed by atoms with E-state index in [9.17, 15) is 9.59 Å². The van der Waals surface area contributed by atoms with Crippen LogP contribution in [0.2, 0.25) is 5.02 Å². The number of hydrogen-bond donors (Lipinski definition) is 0. The molecule has 0 saturated carbocycles. The Labute approximate surface area is 153 Å². The van der Waals surface area contributed by atoms with E-state index in [1.165, 1.54) is 0 Å². The fraction of sp³-hybridized carbons (Fsp3) is 0.579. The zero-order chi connectivity index (χ0) is 18.4. The quantitative estimate of drug-likeness (QED) is 0.782. The van der Waals surface area contributed by atoms with Crippen LogP contribution in [0, 0.1) is 0 Å². The third kappa shape index (κ3) is 3.47. The van der Waals surface area contributed by atoms with E-state index >= 15 is 0 Å². The molecule has 25 heavy (non-hydrogen) atoms. The van der Waals surface area contributed by atoms with Crippen LogP contribution < -0.4 is 0 Å². The second-order valence-electron chi connectivity index (χ2n) is 7.67. The van der Waals surface area contributed by atoms with Gasteiger partial charge < -0.3 is 14.5 Å². The number of hydrogen-bond acceptors (Lipinski definition) is 3. The van der Waals surface area contributed by atoms with Gasteiger partial charge in [-0.3, -0.25) is 4.79 Å². The lowest BCUT2D eigenvalue weighted by molar-refractivity contribution is 0.0223. The summed E-state index contributed by atoms with van der Waals surface area (Å²) >= 11 is 6.29. The molecule has 1 atom stereocenters. The zero-order valence-electron chi connectivity index (χ0n) is 15.3. The van der Waals surface area contributed by atoms with Crippen LogP contribution in [0.1, 0.15) is 68.1 Å². The van der Waals surface area contributed by atoms with Crippen molar-refractivity contribution in [2.45, 2.75) is 58.7 Å². The first kappa shape index (κ1) is 18.1. The van der Waals surface area contributed by atoms with E-state index in [0.29, 0.717) is 30.2 Å². The molecule has 6 heteroatoms. The standard InChI is InChI=1S/C19H25ClN2O3/c1-5-21-11-15-13(9-12(20)10-14(15)17(21)23)16-7-6-8-22(16)18(24)25-19(2,3)4/h9-10,16H,5-8,11H2,1-4H3/t16-/m0/s1. The van der Waals surface area contributed by atoms with E-state index in [1.807, 2.05) is 33.8 Å². The summed E-state index contributed by atoms with van der Waals surface area (Å²) in [6.07, 6.45) is 1.46. The molecule has 5 nitrogen and oxygen atoms in total. The van der Waals surface area contributed by atoms with Gasteiger partial charge in [0.2, 0.25) is 0 Å². The zero-order valence-corrected chi connectivity index (χ0v) is 16.0. The topological polar surface area (TPSA) is 49.9 Å². The number of nitrogens with zero attached hydrogens (tertiary/aromatic N) is 2. The molecule has 1 aromatic carbocycles. The Morgan fingerprint density at radius 1 is 1.36 bits per heavy atom. The van der Waals surface area contributed by atoms with Gasteiger partial charge in [0.25, 0.3) is 5.91 Å². The minimum Gasteiger partial charge on any atom is -0.444 e. The summed E-state index contributed by atoms with van der Waals surface area (Å²) in [7, 11) is 0. The van der Waals surface area contributed by atoms with E-state index in [2.05, 4.69) is 0 Å². The van der Waals surface area contributed by atoms with Gasteiger partial charge in [-0.1, -0.05) is 11.6 Å². The van der Waals surface area contributed by atoms with Crippen LogP contribution in [0.3, 0.4) is 0 Å². The van der Waals surface area contributed by atoms with Crippen LogP contribution in [-0.4, -0.2) is 40.5 Å². The molecule has 0 N–H and O–H groups in total. The van der Waals surface area contributed by atoms with Crippen molar-refractivity contribution in [1.82, 2.24) is 9.80 Å². The van der Waals surface area contributed by atoms with Gasteiger partial charge in [-0.05, 0) is 63.8 Å². The molecule has 0 bridgehead atoms. The monoisotopic (exact) mass is 364 g/mol. The van der Waals surface area contributed by atoms with E-state index in [1.54, 1.807) is 15.9 Å². The largest absolute Gasteiger partial charge is 0.444 e. The molecule has 0 aromatic heterocycles. The van der Waals surface area contributed by atoms with Gasteiger partial charge in [-0.25, -0.2) is 4.79 Å². The lowest BCUT2D eigenvalue weighted by Crippen LogP contribution is -2.36. The summed E-state index contributed by atoms with van der Waals surface area (Å²) in [5, 5.41) is 0.538. The molecule has 0 unspecified atom stereocenters. The molecule has 2 amide bonds. The van der Waals surface area contributed by atoms with Crippen molar-refractivity contribution >= 4 is 23.6 Å². The maximum Gasteiger partial charge on any atom is 0.410 e. The smallest absolute Gasteiger partial charge is 0.410 e. The Balaban J connectivity index is 1.96. The van der Waals surface area contributed by atoms with Crippen molar-refractivity contribution < 1.29 is 14.3 Å². The van der Waals surface area contributed by atoms with Gasteiger partial charge in [0.05, 0.1) is 6.04 Å². The Morgan fingerprint density at radius 3 is 2.72 bits per heavy atom. The Hall–Kier alpha value is -1.75. The molecule has 0 aliphatic carbocycles. The molecular weight excluding hydrogens is 340 g/mol. The molecule has 2 aliphatic rings. The molecule has 136 valence electrons. The van der Waals surface area contributed by atoms with Crippen LogP contribution in [0.15, 0.2) is 12.1 Å². The summed E-state index contributed by atoms with van der Waals surface area (Å²) in [6, 6.07) is 3.55. The van der Waals surface area contributed by atoms with E-state index in [4.69, 9.17) is 16.3 Å². The second kappa shape index (κ2) is 6.52. The lowest BCUT2D eigenvalue weighted by Gasteiger charge is -2.29. The summed E-state index contributed by atoms with van der Waals surface area (Å²) in [5.41, 5.74) is 2.11. The van der Waals surface area contributed by atoms with E-state index < -0.39 is 5.60 Å². The molecule has 1 saturated heterocycles. The number of carbonyl (C=O) groups is 2. The highest BCUT2D eigenvalue weighted by Gasteiger charge is 2.37. The van der Waals surface area contributed by atoms with Crippen molar-refractivity contribution in [3.8, 4) is 0 Å². The van der Waals surface area contributed by atoms with E-state index in [-0.39, 0.29) is 18.0 Å². The van der Waals surface area contributed by atoms with Crippen molar-refractivity contribution in [3.05, 3.63) is 33.8 Å². The predicted octanol–water partition coefficient (Wildman–Crippen LogP) is 4.39. The van der Waals surface area contributed by atoms with Crippen molar-refractivity contribution in [3.63, 3.8) is 0 Å². The number of carbonyl (C=O) groups excluding carboxylic acids is 2. The number of halogens is 1. The van der Waals surface area contributed by atoms with Crippen LogP contribution in [0.5, 0.6) is 0 Å². The van der Waals surface area contributed by atoms with Crippen LogP contribution in [-0.2, 0) is 11.3 Å². The molecule has 3 rings (SSSR count). The maximum absolute atomic E-state index is 12.6. The molecule has 2 aliphatic heterocycles. The van der Waals surface area contributed by atoms with Gasteiger partial charge in [0.1, 0.15) is 5.60 Å². The molecule has 0 spiro atoms. The minimum absolute atomic E-state index is 0.0167. The highest BCUT2D eigenvalue weighted by molar-refractivity contribution is 6.31. The van der Waals surface area contributed by atoms with Gasteiger partial charge >= 0.3 is 6.09 Å². The molecule has 1 fully saturated rings. The third-order valence-corrected chi connectivity index (χ3v) is 4.96. The fourth-order valence-electron chi connectivity index (χ4n) is 3.64. The Bertz CT molecular complexity index is 711. The van der Waals surface area contributed by atoms with Crippen LogP contribution in [0.4, 0.5) is 4.79 Å². The predicted molar refractivity (Wildman–Crippen MR) is 96.8 cm³/mol. The molecule has 2 heterocycles. The average molecular weight is 365 g/mol. The number of rotatable bonds is 2. The van der Waals surface area contributed by atoms with Gasteiger partial charge in [0, 0.05) is 30.2 Å². The van der Waals surface area contributed by atoms with Crippen molar-refractivity contribution in [2.24, 2.45) is 0 Å². The highest BCUT2D eigenvalue weighted by atomic mass is 35.5. The first-order chi connectivity index (χ1) is 11.7. The summed E-state index contributed by atoms with van der Waals surface area (Å²) in [5.74, 6) is 0.0167. The summed E-state index contributed by atoms with van der Waals surface area (Å²) in [6.45, 7) is 9.46. The normalized spacial score (nSPS) is 20.2. The van der Waals surface area contributed by atoms with Crippen molar-refractivity contribution in [2.75, 3.05) is 13.1 Å². The number of amides is 2. The number of ether oxygens (including phenoxy) is 1. The number of benzene rings is 1. The fourth-order valence-corrected chi connectivity index (χ4v) is 3.87. The van der Waals surface area contributed by atoms with E-state index in [0.717, 1.165) is 24.0 Å². The van der Waals surface area contributed by atoms with Gasteiger partial charge in [-0.15, -0.1) is 0 Å². The van der Waals surface area contributed by atoms with Crippen LogP contribution >= 0.6 is 11.6 Å². The Kier molecular flexibility index (Phi) is 4.71. The van der Waals surface area contributed by atoms with Gasteiger partial charge in [-0.2, -0.15) is 0 Å². The average Bonchev–Trinajstić information content (AvgIpc) is 3.10. The molecular formula is C19H25ClN2O3. The number of likely N-dealkylation sites (tertiary alicyclic amines) is 1. The number of fused-ring (bicyclic) bond motifs is 1. The lowest BCUT2D eigenvalue weighted by atomic mass is 9.96. The van der Waals surface area contributed by atoms with Crippen LogP contribution in [0.25, 0.3) is 0 Å².